The van der Waals surface area contributed by atoms with Gasteiger partial charge in [0.25, 0.3) is 5.78 Å². The summed E-state index contributed by atoms with van der Waals surface area (Å²) in [5.74, 6) is 2.03. The molecular formula is C18H20N6O3. The van der Waals surface area contributed by atoms with Gasteiger partial charge in [0.05, 0.1) is 6.42 Å². The Morgan fingerprint density at radius 1 is 1.26 bits per heavy atom. The molecule has 27 heavy (non-hydrogen) atoms. The van der Waals surface area contributed by atoms with Crippen LogP contribution in [0.15, 0.2) is 18.2 Å². The Kier molecular flexibility index (Phi) is 4.27. The Bertz CT molecular complexity index is 1030. The van der Waals surface area contributed by atoms with Crippen LogP contribution in [0.4, 0.5) is 5.95 Å². The van der Waals surface area contributed by atoms with Crippen LogP contribution in [0, 0.1) is 13.8 Å². The van der Waals surface area contributed by atoms with E-state index in [0.717, 1.165) is 34.0 Å². The predicted molar refractivity (Wildman–Crippen MR) is 97.7 cm³/mol. The van der Waals surface area contributed by atoms with Gasteiger partial charge in [-0.15, -0.1) is 5.10 Å². The number of nitrogens with zero attached hydrogens (tertiary/aromatic N) is 4. The number of ether oxygens (including phenoxy) is 2. The second-order valence-electron chi connectivity index (χ2n) is 6.41. The topological polar surface area (TPSA) is 117 Å². The van der Waals surface area contributed by atoms with Crippen LogP contribution in [0.2, 0.25) is 0 Å². The third-order valence-electron chi connectivity index (χ3n) is 4.58. The van der Waals surface area contributed by atoms with E-state index < -0.39 is 0 Å². The summed E-state index contributed by atoms with van der Waals surface area (Å²) < 4.78 is 12.2. The van der Waals surface area contributed by atoms with Crippen molar-refractivity contribution in [3.8, 4) is 11.5 Å². The average molecular weight is 368 g/mol. The average Bonchev–Trinajstić information content (AvgIpc) is 3.24. The number of nitrogens with one attached hydrogen (secondary N) is 1. The van der Waals surface area contributed by atoms with Crippen molar-refractivity contribution in [1.29, 1.82) is 0 Å². The molecule has 2 aromatic heterocycles. The van der Waals surface area contributed by atoms with E-state index in [1.165, 1.54) is 0 Å². The van der Waals surface area contributed by atoms with E-state index >= 15 is 0 Å². The lowest BCUT2D eigenvalue weighted by atomic mass is 10.1. The van der Waals surface area contributed by atoms with Crippen molar-refractivity contribution in [3.05, 3.63) is 40.7 Å². The second-order valence-corrected chi connectivity index (χ2v) is 6.41. The summed E-state index contributed by atoms with van der Waals surface area (Å²) in [6.07, 6.45) is 0.929. The summed E-state index contributed by atoms with van der Waals surface area (Å²) in [7, 11) is 0. The van der Waals surface area contributed by atoms with Crippen molar-refractivity contribution in [2.24, 2.45) is 0 Å². The molecule has 0 saturated carbocycles. The number of carbonyl (C=O) groups is 1. The first-order chi connectivity index (χ1) is 13.0. The third-order valence-corrected chi connectivity index (χ3v) is 4.58. The molecule has 140 valence electrons. The quantitative estimate of drug-likeness (QED) is 0.689. The molecule has 0 aliphatic carbocycles. The van der Waals surface area contributed by atoms with Crippen LogP contribution in [0.25, 0.3) is 5.78 Å². The summed E-state index contributed by atoms with van der Waals surface area (Å²) in [6.45, 7) is 4.52. The molecule has 1 aliphatic rings. The molecule has 3 heterocycles. The van der Waals surface area contributed by atoms with Gasteiger partial charge in [0, 0.05) is 23.5 Å². The Morgan fingerprint density at radius 3 is 2.93 bits per heavy atom. The summed E-state index contributed by atoms with van der Waals surface area (Å²) in [5, 5.41) is 7.07. The highest BCUT2D eigenvalue weighted by molar-refractivity contribution is 5.79. The number of nitrogens with two attached hydrogens (primary N) is 1. The van der Waals surface area contributed by atoms with E-state index in [-0.39, 0.29) is 25.1 Å². The van der Waals surface area contributed by atoms with Crippen LogP contribution in [-0.2, 0) is 17.6 Å². The standard InChI is InChI=1S/C18H20N6O3/c1-10-13(11(2)24-18(21-10)22-17(19)23-24)8-16(25)20-6-5-12-3-4-14-15(7-12)27-9-26-14/h3-4,7H,5-6,8-9H2,1-2H3,(H2,19,23)(H,20,25). The van der Waals surface area contributed by atoms with Gasteiger partial charge in [-0.2, -0.15) is 9.50 Å². The fourth-order valence-corrected chi connectivity index (χ4v) is 3.15. The molecule has 9 heteroatoms. The van der Waals surface area contributed by atoms with Gasteiger partial charge >= 0.3 is 0 Å². The molecule has 0 fully saturated rings. The molecule has 3 aromatic rings. The molecular weight excluding hydrogens is 348 g/mol. The monoisotopic (exact) mass is 368 g/mol. The van der Waals surface area contributed by atoms with Gasteiger partial charge < -0.3 is 20.5 Å². The SMILES string of the molecule is Cc1nc2nc(N)nn2c(C)c1CC(=O)NCCc1ccc2c(c1)OCO2. The number of anilines is 1. The minimum absolute atomic E-state index is 0.0730. The van der Waals surface area contributed by atoms with Crippen LogP contribution < -0.4 is 20.5 Å². The van der Waals surface area contributed by atoms with Crippen molar-refractivity contribution in [2.45, 2.75) is 26.7 Å². The highest BCUT2D eigenvalue weighted by Crippen LogP contribution is 2.32. The van der Waals surface area contributed by atoms with Crippen molar-refractivity contribution in [1.82, 2.24) is 24.9 Å². The molecule has 1 aliphatic heterocycles. The van der Waals surface area contributed by atoms with Gasteiger partial charge in [-0.3, -0.25) is 4.79 Å². The molecule has 1 amide bonds. The molecule has 4 rings (SSSR count). The minimum atomic E-state index is -0.0730. The number of amides is 1. The van der Waals surface area contributed by atoms with Gasteiger partial charge in [0.2, 0.25) is 18.6 Å². The Hall–Kier alpha value is -3.36. The van der Waals surface area contributed by atoms with E-state index in [4.69, 9.17) is 15.2 Å². The number of fused-ring (bicyclic) bond motifs is 2. The molecule has 9 nitrogen and oxygen atoms in total. The fourth-order valence-electron chi connectivity index (χ4n) is 3.15. The number of aromatic nitrogens is 4. The largest absolute Gasteiger partial charge is 0.454 e. The zero-order valence-corrected chi connectivity index (χ0v) is 15.2. The zero-order chi connectivity index (χ0) is 19.0. The van der Waals surface area contributed by atoms with Gasteiger partial charge in [0.1, 0.15) is 0 Å². The first-order valence-corrected chi connectivity index (χ1v) is 8.65. The zero-order valence-electron chi connectivity index (χ0n) is 15.2. The van der Waals surface area contributed by atoms with E-state index in [9.17, 15) is 4.79 Å². The van der Waals surface area contributed by atoms with Crippen molar-refractivity contribution >= 4 is 17.6 Å². The van der Waals surface area contributed by atoms with Crippen molar-refractivity contribution in [3.63, 3.8) is 0 Å². The molecule has 0 saturated heterocycles. The number of nitrogen functional groups attached to an aromatic ring is 1. The first kappa shape index (κ1) is 17.1. The van der Waals surface area contributed by atoms with Crippen LogP contribution in [0.3, 0.4) is 0 Å². The Morgan fingerprint density at radius 2 is 2.07 bits per heavy atom. The van der Waals surface area contributed by atoms with Gasteiger partial charge in [-0.25, -0.2) is 4.98 Å². The number of hydrogen-bond acceptors (Lipinski definition) is 7. The van der Waals surface area contributed by atoms with Gasteiger partial charge in [0.15, 0.2) is 11.5 Å². The number of carbonyl (C=O) groups excluding carboxylic acids is 1. The lowest BCUT2D eigenvalue weighted by Gasteiger charge is -2.11. The van der Waals surface area contributed by atoms with Gasteiger partial charge in [-0.1, -0.05) is 6.07 Å². The lowest BCUT2D eigenvalue weighted by molar-refractivity contribution is -0.120. The maximum atomic E-state index is 12.4. The second kappa shape index (κ2) is 6.75. The highest BCUT2D eigenvalue weighted by Gasteiger charge is 2.16. The smallest absolute Gasteiger partial charge is 0.254 e. The first-order valence-electron chi connectivity index (χ1n) is 8.65. The number of rotatable bonds is 5. The van der Waals surface area contributed by atoms with Gasteiger partial charge in [-0.05, 0) is 38.0 Å². The third kappa shape index (κ3) is 3.35. The summed E-state index contributed by atoms with van der Waals surface area (Å²) in [5.41, 5.74) is 9.10. The molecule has 0 bridgehead atoms. The molecule has 0 radical (unpaired) electrons. The van der Waals surface area contributed by atoms with Crippen LogP contribution in [0.1, 0.15) is 22.5 Å². The molecule has 0 unspecified atom stereocenters. The summed E-state index contributed by atoms with van der Waals surface area (Å²) in [4.78, 5) is 20.8. The van der Waals surface area contributed by atoms with Crippen LogP contribution in [-0.4, -0.2) is 38.8 Å². The molecule has 1 aromatic carbocycles. The van der Waals surface area contributed by atoms with E-state index in [0.29, 0.717) is 18.7 Å². The molecule has 0 spiro atoms. The normalized spacial score (nSPS) is 12.5. The van der Waals surface area contributed by atoms with Crippen LogP contribution in [0.5, 0.6) is 11.5 Å². The Balaban J connectivity index is 1.39. The van der Waals surface area contributed by atoms with Crippen molar-refractivity contribution < 1.29 is 14.3 Å². The number of hydrogen-bond donors (Lipinski definition) is 2. The lowest BCUT2D eigenvalue weighted by Crippen LogP contribution is -2.28. The number of benzene rings is 1. The summed E-state index contributed by atoms with van der Waals surface area (Å²) >= 11 is 0. The van der Waals surface area contributed by atoms with E-state index in [1.54, 1.807) is 4.52 Å². The maximum Gasteiger partial charge on any atom is 0.254 e. The molecule has 0 atom stereocenters. The van der Waals surface area contributed by atoms with Crippen LogP contribution >= 0.6 is 0 Å². The highest BCUT2D eigenvalue weighted by atomic mass is 16.7. The van der Waals surface area contributed by atoms with Crippen molar-refractivity contribution in [2.75, 3.05) is 19.1 Å². The van der Waals surface area contributed by atoms with E-state index in [1.807, 2.05) is 32.0 Å². The fraction of sp³-hybridized carbons (Fsp3) is 0.333. The minimum Gasteiger partial charge on any atom is -0.454 e. The number of aryl methyl sites for hydroxylation is 2. The van der Waals surface area contributed by atoms with E-state index in [2.05, 4.69) is 20.4 Å². The maximum absolute atomic E-state index is 12.4. The summed E-state index contributed by atoms with van der Waals surface area (Å²) in [6, 6.07) is 5.80. The molecule has 3 N–H and O–H groups in total. The predicted octanol–water partition coefficient (Wildman–Crippen LogP) is 0.953. The Labute approximate surface area is 155 Å².